The van der Waals surface area contributed by atoms with Gasteiger partial charge in [-0.15, -0.1) is 0 Å². The Morgan fingerprint density at radius 2 is 1.92 bits per heavy atom. The molecule has 1 nitrogen and oxygen atoms in total. The molecule has 0 bridgehead atoms. The molecule has 0 amide bonds. The Morgan fingerprint density at radius 3 is 2.46 bits per heavy atom. The van der Waals surface area contributed by atoms with Crippen LogP contribution in [0.25, 0.3) is 0 Å². The molecule has 1 rings (SSSR count). The topological polar surface area (TPSA) is 26.0 Å². The number of nitrogens with two attached hydrogens (primary N) is 1. The number of rotatable bonds is 2. The second-order valence-corrected chi connectivity index (χ2v) is 3.30. The fraction of sp³-hybridized carbons (Fsp3) is 0.250. The average Bonchev–Trinajstić information content (AvgIpc) is 2.08. The lowest BCUT2D eigenvalue weighted by molar-refractivity contribution is 0.116. The predicted molar refractivity (Wildman–Crippen MR) is 47.0 cm³/mol. The molecule has 1 aromatic rings. The molecule has 0 aliphatic carbocycles. The third-order valence-electron chi connectivity index (χ3n) is 1.61. The molecule has 0 radical (unpaired) electrons. The quantitative estimate of drug-likeness (QED) is 0.862. The first-order chi connectivity index (χ1) is 6.04. The van der Waals surface area contributed by atoms with Crippen LogP contribution in [0.5, 0.6) is 0 Å². The highest BCUT2D eigenvalue weighted by molar-refractivity contribution is 9.10. The zero-order valence-electron chi connectivity index (χ0n) is 6.48. The molecule has 0 aliphatic rings. The summed E-state index contributed by atoms with van der Waals surface area (Å²) in [4.78, 5) is 0. The van der Waals surface area contributed by atoms with Crippen molar-refractivity contribution in [1.29, 1.82) is 0 Å². The molecular weight excluding hydrogens is 247 g/mol. The van der Waals surface area contributed by atoms with Crippen LogP contribution in [0, 0.1) is 5.82 Å². The molecule has 0 aromatic heterocycles. The number of halogens is 4. The van der Waals surface area contributed by atoms with Gasteiger partial charge in [0.2, 0.25) is 0 Å². The van der Waals surface area contributed by atoms with Gasteiger partial charge in [0.15, 0.2) is 0 Å². The summed E-state index contributed by atoms with van der Waals surface area (Å²) >= 11 is 2.86. The van der Waals surface area contributed by atoms with Gasteiger partial charge >= 0.3 is 0 Å². The van der Waals surface area contributed by atoms with Gasteiger partial charge in [0.05, 0.1) is 10.5 Å². The van der Waals surface area contributed by atoms with Crippen LogP contribution < -0.4 is 5.73 Å². The van der Waals surface area contributed by atoms with E-state index in [4.69, 9.17) is 5.73 Å². The lowest BCUT2D eigenvalue weighted by Gasteiger charge is -2.12. The van der Waals surface area contributed by atoms with Gasteiger partial charge in [-0.25, -0.2) is 13.2 Å². The van der Waals surface area contributed by atoms with Gasteiger partial charge in [0.25, 0.3) is 6.43 Å². The van der Waals surface area contributed by atoms with E-state index >= 15 is 0 Å². The molecule has 0 spiro atoms. The van der Waals surface area contributed by atoms with Crippen LogP contribution in [0.15, 0.2) is 22.7 Å². The highest BCUT2D eigenvalue weighted by atomic mass is 79.9. The van der Waals surface area contributed by atoms with E-state index in [0.717, 1.165) is 0 Å². The Balaban J connectivity index is 3.07. The van der Waals surface area contributed by atoms with Crippen molar-refractivity contribution in [2.75, 3.05) is 0 Å². The van der Waals surface area contributed by atoms with Crippen LogP contribution in [0.2, 0.25) is 0 Å². The fourth-order valence-electron chi connectivity index (χ4n) is 0.914. The van der Waals surface area contributed by atoms with E-state index in [1.54, 1.807) is 0 Å². The molecule has 13 heavy (non-hydrogen) atoms. The maximum absolute atomic E-state index is 12.9. The molecule has 0 aliphatic heterocycles. The standard InChI is InChI=1S/C8H7BrF3N/c9-6-4(7(13)8(11)12)2-1-3-5(6)10/h1-3,7-8H,13H2/t7-/m0/s1. The van der Waals surface area contributed by atoms with Gasteiger partial charge in [-0.05, 0) is 27.6 Å². The lowest BCUT2D eigenvalue weighted by Crippen LogP contribution is -2.19. The molecule has 0 saturated heterocycles. The van der Waals surface area contributed by atoms with Crippen molar-refractivity contribution in [1.82, 2.24) is 0 Å². The molecule has 2 N–H and O–H groups in total. The molecular formula is C8H7BrF3N. The molecule has 0 fully saturated rings. The average molecular weight is 254 g/mol. The van der Waals surface area contributed by atoms with Crippen molar-refractivity contribution in [3.05, 3.63) is 34.1 Å². The van der Waals surface area contributed by atoms with Gasteiger partial charge in [-0.1, -0.05) is 12.1 Å². The monoisotopic (exact) mass is 253 g/mol. The Morgan fingerprint density at radius 1 is 1.31 bits per heavy atom. The number of hydrogen-bond acceptors (Lipinski definition) is 1. The number of hydrogen-bond donors (Lipinski definition) is 1. The second kappa shape index (κ2) is 4.11. The SMILES string of the molecule is N[C@@H](c1cccc(F)c1Br)C(F)F. The summed E-state index contributed by atoms with van der Waals surface area (Å²) in [5, 5.41) is 0. The minimum atomic E-state index is -2.70. The molecule has 0 heterocycles. The number of alkyl halides is 2. The Labute approximate surface area is 81.9 Å². The van der Waals surface area contributed by atoms with E-state index < -0.39 is 18.3 Å². The van der Waals surface area contributed by atoms with E-state index in [-0.39, 0.29) is 10.0 Å². The largest absolute Gasteiger partial charge is 0.319 e. The van der Waals surface area contributed by atoms with Crippen LogP contribution in [0.4, 0.5) is 13.2 Å². The Kier molecular flexibility index (Phi) is 3.33. The van der Waals surface area contributed by atoms with Crippen LogP contribution in [0.3, 0.4) is 0 Å². The van der Waals surface area contributed by atoms with Gasteiger partial charge in [0.1, 0.15) is 5.82 Å². The van der Waals surface area contributed by atoms with Crippen molar-refractivity contribution < 1.29 is 13.2 Å². The molecule has 0 unspecified atom stereocenters. The summed E-state index contributed by atoms with van der Waals surface area (Å²) < 4.78 is 37.2. The van der Waals surface area contributed by atoms with Crippen molar-refractivity contribution in [3.8, 4) is 0 Å². The first kappa shape index (κ1) is 10.5. The zero-order chi connectivity index (χ0) is 10.0. The normalized spacial score (nSPS) is 13.4. The summed E-state index contributed by atoms with van der Waals surface area (Å²) in [5.74, 6) is -0.589. The Bertz CT molecular complexity index is 303. The second-order valence-electron chi connectivity index (χ2n) is 2.50. The van der Waals surface area contributed by atoms with E-state index in [0.29, 0.717) is 0 Å². The summed E-state index contributed by atoms with van der Waals surface area (Å²) in [6.07, 6.45) is -2.70. The van der Waals surface area contributed by atoms with Gasteiger partial charge in [-0.2, -0.15) is 0 Å². The maximum Gasteiger partial charge on any atom is 0.257 e. The lowest BCUT2D eigenvalue weighted by atomic mass is 10.1. The van der Waals surface area contributed by atoms with Crippen LogP contribution >= 0.6 is 15.9 Å². The van der Waals surface area contributed by atoms with E-state index in [1.165, 1.54) is 18.2 Å². The molecule has 1 aromatic carbocycles. The van der Waals surface area contributed by atoms with Gasteiger partial charge in [-0.3, -0.25) is 0 Å². The molecule has 1 atom stereocenters. The van der Waals surface area contributed by atoms with E-state index in [9.17, 15) is 13.2 Å². The van der Waals surface area contributed by atoms with Gasteiger partial charge in [0, 0.05) is 0 Å². The first-order valence-corrected chi connectivity index (χ1v) is 4.31. The van der Waals surface area contributed by atoms with E-state index in [2.05, 4.69) is 15.9 Å². The third kappa shape index (κ3) is 2.22. The molecule has 72 valence electrons. The third-order valence-corrected chi connectivity index (χ3v) is 2.45. The summed E-state index contributed by atoms with van der Waals surface area (Å²) in [7, 11) is 0. The van der Waals surface area contributed by atoms with Crippen molar-refractivity contribution in [3.63, 3.8) is 0 Å². The predicted octanol–water partition coefficient (Wildman–Crippen LogP) is 2.85. The summed E-state index contributed by atoms with van der Waals surface area (Å²) in [6, 6.07) is 2.43. The smallest absolute Gasteiger partial charge is 0.257 e. The molecule has 5 heteroatoms. The van der Waals surface area contributed by atoms with Crippen molar-refractivity contribution >= 4 is 15.9 Å². The zero-order valence-corrected chi connectivity index (χ0v) is 8.06. The fourth-order valence-corrected chi connectivity index (χ4v) is 1.44. The van der Waals surface area contributed by atoms with E-state index in [1.807, 2.05) is 0 Å². The summed E-state index contributed by atoms with van der Waals surface area (Å²) in [5.41, 5.74) is 5.24. The minimum absolute atomic E-state index is 0.00259. The van der Waals surface area contributed by atoms with Crippen LogP contribution in [-0.2, 0) is 0 Å². The van der Waals surface area contributed by atoms with Crippen LogP contribution in [-0.4, -0.2) is 6.43 Å². The maximum atomic E-state index is 12.9. The highest BCUT2D eigenvalue weighted by Crippen LogP contribution is 2.27. The summed E-state index contributed by atoms with van der Waals surface area (Å²) in [6.45, 7) is 0. The van der Waals surface area contributed by atoms with Gasteiger partial charge < -0.3 is 5.73 Å². The number of benzene rings is 1. The van der Waals surface area contributed by atoms with Crippen molar-refractivity contribution in [2.24, 2.45) is 5.73 Å². The molecule has 0 saturated carbocycles. The Hall–Kier alpha value is -0.550. The first-order valence-electron chi connectivity index (χ1n) is 3.51. The minimum Gasteiger partial charge on any atom is -0.319 e. The van der Waals surface area contributed by atoms with Crippen LogP contribution in [0.1, 0.15) is 11.6 Å². The van der Waals surface area contributed by atoms with Crippen molar-refractivity contribution in [2.45, 2.75) is 12.5 Å². The highest BCUT2D eigenvalue weighted by Gasteiger charge is 2.20.